The van der Waals surface area contributed by atoms with Gasteiger partial charge in [0, 0.05) is 71.2 Å². The van der Waals surface area contributed by atoms with Gasteiger partial charge in [-0.2, -0.15) is 10.4 Å². The summed E-state index contributed by atoms with van der Waals surface area (Å²) < 4.78 is 8.00. The Morgan fingerprint density at radius 1 is 0.942 bits per heavy atom. The molecule has 5 aromatic heterocycles. The lowest BCUT2D eigenvalue weighted by atomic mass is 9.91. The second-order valence-electron chi connectivity index (χ2n) is 13.6. The lowest BCUT2D eigenvalue weighted by Crippen LogP contribution is -2.49. The molecule has 2 N–H and O–H groups in total. The summed E-state index contributed by atoms with van der Waals surface area (Å²) in [5.41, 5.74) is 5.31. The lowest BCUT2D eigenvalue weighted by Gasteiger charge is -2.38. The van der Waals surface area contributed by atoms with Crippen LogP contribution in [0.4, 0.5) is 17.5 Å². The fourth-order valence-corrected chi connectivity index (χ4v) is 7.44. The molecule has 0 aromatic carbocycles. The van der Waals surface area contributed by atoms with Gasteiger partial charge in [0.15, 0.2) is 0 Å². The van der Waals surface area contributed by atoms with Crippen LogP contribution in [0.25, 0.3) is 28.4 Å². The van der Waals surface area contributed by atoms with Crippen LogP contribution in [0.2, 0.25) is 0 Å². The number of fused-ring (bicyclic) bond motifs is 1. The summed E-state index contributed by atoms with van der Waals surface area (Å²) in [6.07, 6.45) is 8.19. The Balaban J connectivity index is 0.843. The number of amides is 2. The van der Waals surface area contributed by atoms with Crippen molar-refractivity contribution in [2.24, 2.45) is 5.92 Å². The van der Waals surface area contributed by atoms with Crippen LogP contribution < -0.4 is 20.4 Å². The number of hydrogen-bond acceptors (Lipinski definition) is 13. The Hall–Kier alpha value is -5.88. The smallest absolute Gasteiger partial charge is 0.318 e. The maximum atomic E-state index is 12.3. The number of nitriles is 1. The molecular weight excluding hydrogens is 660 g/mol. The second kappa shape index (κ2) is 14.4. The Kier molecular flexibility index (Phi) is 9.21. The molecule has 1 atom stereocenters. The highest BCUT2D eigenvalue weighted by Crippen LogP contribution is 2.33. The molecule has 52 heavy (non-hydrogen) atoms. The van der Waals surface area contributed by atoms with Gasteiger partial charge in [0.05, 0.1) is 45.8 Å². The zero-order valence-electron chi connectivity index (χ0n) is 29.0. The average molecular weight is 701 g/mol. The second-order valence-corrected chi connectivity index (χ2v) is 13.6. The van der Waals surface area contributed by atoms with Crippen LogP contribution in [0.5, 0.6) is 0 Å². The van der Waals surface area contributed by atoms with E-state index in [0.29, 0.717) is 42.8 Å². The fraction of sp³-hybridized carbons (Fsp3) is 0.405. The number of carbonyl (C=O) groups excluding carboxylic acids is 2. The van der Waals surface area contributed by atoms with Gasteiger partial charge in [-0.1, -0.05) is 11.2 Å². The van der Waals surface area contributed by atoms with E-state index in [1.807, 2.05) is 37.3 Å². The van der Waals surface area contributed by atoms with Gasteiger partial charge in [0.1, 0.15) is 11.9 Å². The van der Waals surface area contributed by atoms with Crippen molar-refractivity contribution in [3.05, 3.63) is 66.1 Å². The molecular formula is C37H40N12O3. The van der Waals surface area contributed by atoms with Crippen LogP contribution in [0.3, 0.4) is 0 Å². The minimum absolute atomic E-state index is 0.202. The molecule has 8 rings (SSSR count). The fourth-order valence-electron chi connectivity index (χ4n) is 7.44. The molecule has 15 nitrogen and oxygen atoms in total. The van der Waals surface area contributed by atoms with Crippen molar-refractivity contribution in [3.63, 3.8) is 0 Å². The van der Waals surface area contributed by atoms with Crippen LogP contribution in [-0.2, 0) is 9.59 Å². The number of nitrogens with zero attached hydrogens (tertiary/aromatic N) is 10. The highest BCUT2D eigenvalue weighted by atomic mass is 16.4. The molecule has 0 aliphatic carbocycles. The molecule has 0 radical (unpaired) electrons. The number of aromatic nitrogens is 6. The minimum atomic E-state index is -0.309. The van der Waals surface area contributed by atoms with Crippen LogP contribution in [-0.4, -0.2) is 98.9 Å². The molecule has 3 aliphatic heterocycles. The summed E-state index contributed by atoms with van der Waals surface area (Å²) >= 11 is 0. The third-order valence-corrected chi connectivity index (χ3v) is 10.3. The quantitative estimate of drug-likeness (QED) is 0.213. The molecule has 5 aromatic rings. The van der Waals surface area contributed by atoms with E-state index in [1.54, 1.807) is 29.2 Å². The highest BCUT2D eigenvalue weighted by molar-refractivity contribution is 6.00. The molecule has 266 valence electrons. The Morgan fingerprint density at radius 2 is 1.79 bits per heavy atom. The molecule has 0 bridgehead atoms. The van der Waals surface area contributed by atoms with E-state index in [4.69, 9.17) is 9.40 Å². The zero-order valence-corrected chi connectivity index (χ0v) is 29.0. The van der Waals surface area contributed by atoms with Gasteiger partial charge in [0.25, 0.3) is 5.89 Å². The normalized spacial score (nSPS) is 18.8. The SMILES string of the molecule is CCNc1cc(-c2ccc3cc(C#N)cnn23)ncc1-c1nnc(N2CCN(CC3CCN(c4ccc([C@@H]5CCC(=O)NC5=O)cn4)CC3)CC2)o1. The van der Waals surface area contributed by atoms with E-state index < -0.39 is 0 Å². The van der Waals surface area contributed by atoms with E-state index in [0.717, 1.165) is 98.2 Å². The van der Waals surface area contributed by atoms with Crippen molar-refractivity contribution in [3.8, 4) is 28.9 Å². The topological polar surface area (TPSA) is 174 Å². The summed E-state index contributed by atoms with van der Waals surface area (Å²) in [6, 6.07) is 14.3. The number of hydrogen-bond donors (Lipinski definition) is 2. The molecule has 0 unspecified atom stereocenters. The number of rotatable bonds is 9. The Bertz CT molecular complexity index is 2120. The number of piperidine rings is 2. The van der Waals surface area contributed by atoms with Crippen LogP contribution in [0.15, 0.2) is 59.4 Å². The number of imide groups is 1. The van der Waals surface area contributed by atoms with Crippen molar-refractivity contribution in [1.29, 1.82) is 5.26 Å². The maximum absolute atomic E-state index is 12.3. The van der Waals surface area contributed by atoms with Gasteiger partial charge < -0.3 is 19.5 Å². The molecule has 2 amide bonds. The van der Waals surface area contributed by atoms with Crippen LogP contribution >= 0.6 is 0 Å². The number of piperazine rings is 1. The Morgan fingerprint density at radius 3 is 2.54 bits per heavy atom. The first-order chi connectivity index (χ1) is 25.4. The zero-order chi connectivity index (χ0) is 35.6. The maximum Gasteiger partial charge on any atom is 0.318 e. The monoisotopic (exact) mass is 700 g/mol. The van der Waals surface area contributed by atoms with Crippen molar-refractivity contribution < 1.29 is 14.0 Å². The van der Waals surface area contributed by atoms with Crippen molar-refractivity contribution in [1.82, 2.24) is 40.0 Å². The van der Waals surface area contributed by atoms with Gasteiger partial charge in [-0.05, 0) is 68.0 Å². The van der Waals surface area contributed by atoms with Crippen molar-refractivity contribution in [2.45, 2.75) is 38.5 Å². The van der Waals surface area contributed by atoms with Crippen molar-refractivity contribution >= 4 is 34.9 Å². The van der Waals surface area contributed by atoms with E-state index in [-0.39, 0.29) is 17.7 Å². The molecule has 3 saturated heterocycles. The van der Waals surface area contributed by atoms with Gasteiger partial charge >= 0.3 is 6.01 Å². The van der Waals surface area contributed by atoms with E-state index in [1.165, 1.54) is 0 Å². The van der Waals surface area contributed by atoms with Crippen molar-refractivity contribution in [2.75, 3.05) is 67.5 Å². The average Bonchev–Trinajstić information content (AvgIpc) is 3.84. The number of anilines is 3. The van der Waals surface area contributed by atoms with Crippen LogP contribution in [0.1, 0.15) is 49.7 Å². The Labute approximate surface area is 300 Å². The van der Waals surface area contributed by atoms with Crippen LogP contribution in [0, 0.1) is 17.2 Å². The summed E-state index contributed by atoms with van der Waals surface area (Å²) in [7, 11) is 0. The molecule has 8 heterocycles. The van der Waals surface area contributed by atoms with Gasteiger partial charge in [-0.15, -0.1) is 5.10 Å². The van der Waals surface area contributed by atoms with Gasteiger partial charge in [-0.25, -0.2) is 9.50 Å². The number of carbonyl (C=O) groups is 2. The molecule has 15 heteroatoms. The predicted molar refractivity (Wildman–Crippen MR) is 194 cm³/mol. The summed E-state index contributed by atoms with van der Waals surface area (Å²) in [5.74, 6) is 1.23. The van der Waals surface area contributed by atoms with Gasteiger partial charge in [-0.3, -0.25) is 24.8 Å². The first-order valence-corrected chi connectivity index (χ1v) is 17.9. The van der Waals surface area contributed by atoms with E-state index in [2.05, 4.69) is 51.7 Å². The predicted octanol–water partition coefficient (Wildman–Crippen LogP) is 3.70. The van der Waals surface area contributed by atoms with E-state index in [9.17, 15) is 14.9 Å². The largest absolute Gasteiger partial charge is 0.403 e. The first-order valence-electron chi connectivity index (χ1n) is 17.9. The summed E-state index contributed by atoms with van der Waals surface area (Å²) in [6.45, 7) is 9.17. The van der Waals surface area contributed by atoms with Gasteiger partial charge in [0.2, 0.25) is 11.8 Å². The summed E-state index contributed by atoms with van der Waals surface area (Å²) in [4.78, 5) is 40.2. The molecule has 0 spiro atoms. The molecule has 0 saturated carbocycles. The van der Waals surface area contributed by atoms with E-state index >= 15 is 0 Å². The molecule has 3 fully saturated rings. The standard InChI is InChI=1S/C37H40N12O3/c1-2-39-30-18-31(32-6-4-27-17-25(19-38)20-42-49(27)32)40-22-29(30)36-44-45-37(52-36)48-15-13-46(14-16-48)23-24-9-11-47(12-10-24)33-7-3-26(21-41-33)28-5-8-34(50)43-35(28)51/h3-4,6-7,17-18,20-22,24,28H,2,5,8-16,23H2,1H3,(H,39,40)(H,43,50,51)/t28-/m0/s1. The minimum Gasteiger partial charge on any atom is -0.403 e. The number of pyridine rings is 2. The summed E-state index contributed by atoms with van der Waals surface area (Å²) in [5, 5.41) is 28.3. The third kappa shape index (κ3) is 6.76. The third-order valence-electron chi connectivity index (χ3n) is 10.3. The first kappa shape index (κ1) is 33.3. The molecule has 3 aliphatic rings. The number of nitrogens with one attached hydrogen (secondary N) is 2. The highest BCUT2D eigenvalue weighted by Gasteiger charge is 2.30. The lowest BCUT2D eigenvalue weighted by molar-refractivity contribution is -0.134.